The molecule has 3 heterocycles. The Bertz CT molecular complexity index is 1110. The largest absolute Gasteiger partial charge is 0.329 e. The van der Waals surface area contributed by atoms with Crippen LogP contribution in [-0.2, 0) is 7.05 Å². The normalized spacial score (nSPS) is 11.7. The molecular weight excluding hydrogens is 300 g/mol. The molecule has 120 valence electrons. The van der Waals surface area contributed by atoms with Crippen LogP contribution in [0.5, 0.6) is 0 Å². The van der Waals surface area contributed by atoms with Crippen LogP contribution in [-0.4, -0.2) is 19.1 Å². The molecule has 4 aromatic rings. The fourth-order valence-electron chi connectivity index (χ4n) is 3.28. The lowest BCUT2D eigenvalue weighted by molar-refractivity contribution is 0.584. The zero-order valence-electron chi connectivity index (χ0n) is 13.9. The third-order valence-corrected chi connectivity index (χ3v) is 4.36. The number of nitrogens with zero attached hydrogens (tertiary/aromatic N) is 4. The monoisotopic (exact) mass is 318 g/mol. The van der Waals surface area contributed by atoms with Gasteiger partial charge in [0.1, 0.15) is 0 Å². The Morgan fingerprint density at radius 3 is 2.54 bits per heavy atom. The van der Waals surface area contributed by atoms with E-state index in [4.69, 9.17) is 4.98 Å². The van der Waals surface area contributed by atoms with Crippen molar-refractivity contribution in [1.82, 2.24) is 19.1 Å². The zero-order chi connectivity index (χ0) is 16.8. The molecule has 5 heteroatoms. The van der Waals surface area contributed by atoms with E-state index in [0.717, 1.165) is 33.2 Å². The minimum absolute atomic E-state index is 0.0247. The van der Waals surface area contributed by atoms with Crippen molar-refractivity contribution in [3.05, 3.63) is 59.3 Å². The molecule has 5 nitrogen and oxygen atoms in total. The Morgan fingerprint density at radius 2 is 1.83 bits per heavy atom. The fraction of sp³-hybridized carbons (Fsp3) is 0.211. The van der Waals surface area contributed by atoms with Gasteiger partial charge in [-0.3, -0.25) is 14.1 Å². The smallest absolute Gasteiger partial charge is 0.293 e. The fourth-order valence-corrected chi connectivity index (χ4v) is 3.28. The first kappa shape index (κ1) is 14.6. The van der Waals surface area contributed by atoms with Crippen molar-refractivity contribution in [2.45, 2.75) is 19.9 Å². The van der Waals surface area contributed by atoms with Crippen molar-refractivity contribution in [2.75, 3.05) is 0 Å². The van der Waals surface area contributed by atoms with Crippen molar-refractivity contribution in [3.63, 3.8) is 0 Å². The van der Waals surface area contributed by atoms with Gasteiger partial charge >= 0.3 is 5.69 Å². The molecule has 0 atom stereocenters. The summed E-state index contributed by atoms with van der Waals surface area (Å²) in [5.74, 6) is 0. The Morgan fingerprint density at radius 1 is 1.04 bits per heavy atom. The quantitative estimate of drug-likeness (QED) is 0.568. The number of aromatic nitrogens is 4. The summed E-state index contributed by atoms with van der Waals surface area (Å²) in [6.45, 7) is 4.06. The van der Waals surface area contributed by atoms with Crippen LogP contribution in [0.1, 0.15) is 19.9 Å². The molecule has 4 rings (SSSR count). The molecule has 3 aromatic heterocycles. The highest BCUT2D eigenvalue weighted by Gasteiger charge is 2.20. The van der Waals surface area contributed by atoms with E-state index in [1.54, 1.807) is 24.0 Å². The van der Waals surface area contributed by atoms with Crippen LogP contribution in [0, 0.1) is 0 Å². The molecular formula is C19H18N4O. The van der Waals surface area contributed by atoms with Gasteiger partial charge in [0, 0.05) is 36.4 Å². The molecule has 24 heavy (non-hydrogen) atoms. The van der Waals surface area contributed by atoms with E-state index < -0.39 is 0 Å². The van der Waals surface area contributed by atoms with E-state index in [1.807, 2.05) is 54.8 Å². The van der Waals surface area contributed by atoms with Gasteiger partial charge < -0.3 is 0 Å². The first-order valence-electron chi connectivity index (χ1n) is 7.99. The van der Waals surface area contributed by atoms with Crippen LogP contribution >= 0.6 is 0 Å². The number of fused-ring (bicyclic) bond motifs is 3. The van der Waals surface area contributed by atoms with Gasteiger partial charge in [-0.25, -0.2) is 9.78 Å². The molecule has 0 aliphatic rings. The Balaban J connectivity index is 2.29. The van der Waals surface area contributed by atoms with Gasteiger partial charge in [-0.05, 0) is 32.0 Å². The van der Waals surface area contributed by atoms with E-state index >= 15 is 0 Å². The summed E-state index contributed by atoms with van der Waals surface area (Å²) in [6.07, 6.45) is 3.52. The van der Waals surface area contributed by atoms with Gasteiger partial charge in [0.05, 0.1) is 22.2 Å². The zero-order valence-corrected chi connectivity index (χ0v) is 13.9. The number of para-hydroxylation sites is 1. The van der Waals surface area contributed by atoms with Crippen molar-refractivity contribution in [1.29, 1.82) is 0 Å². The summed E-state index contributed by atoms with van der Waals surface area (Å²) in [5.41, 5.74) is 4.33. The molecule has 0 saturated carbocycles. The van der Waals surface area contributed by atoms with E-state index in [0.29, 0.717) is 0 Å². The first-order valence-corrected chi connectivity index (χ1v) is 7.99. The molecule has 0 aliphatic carbocycles. The number of hydrogen-bond acceptors (Lipinski definition) is 3. The maximum absolute atomic E-state index is 12.8. The molecule has 0 saturated heterocycles. The summed E-state index contributed by atoms with van der Waals surface area (Å²) in [7, 11) is 1.81. The maximum Gasteiger partial charge on any atom is 0.329 e. The second kappa shape index (κ2) is 5.30. The third-order valence-electron chi connectivity index (χ3n) is 4.36. The maximum atomic E-state index is 12.8. The number of benzene rings is 1. The lowest BCUT2D eigenvalue weighted by atomic mass is 10.1. The number of pyridine rings is 2. The summed E-state index contributed by atoms with van der Waals surface area (Å²) in [5, 5.41) is 0.992. The third kappa shape index (κ3) is 1.98. The van der Waals surface area contributed by atoms with Gasteiger partial charge in [0.2, 0.25) is 0 Å². The number of imidazole rings is 1. The van der Waals surface area contributed by atoms with Crippen LogP contribution in [0.3, 0.4) is 0 Å². The lowest BCUT2D eigenvalue weighted by Gasteiger charge is -2.11. The van der Waals surface area contributed by atoms with Gasteiger partial charge in [0.15, 0.2) is 0 Å². The van der Waals surface area contributed by atoms with E-state index in [-0.39, 0.29) is 11.7 Å². The number of aryl methyl sites for hydroxylation is 1. The minimum Gasteiger partial charge on any atom is -0.293 e. The predicted molar refractivity (Wildman–Crippen MR) is 96.1 cm³/mol. The number of hydrogen-bond donors (Lipinski definition) is 0. The molecule has 1 aromatic carbocycles. The molecule has 0 fully saturated rings. The topological polar surface area (TPSA) is 52.7 Å². The van der Waals surface area contributed by atoms with Gasteiger partial charge in [-0.15, -0.1) is 0 Å². The average molecular weight is 318 g/mol. The van der Waals surface area contributed by atoms with Gasteiger partial charge in [-0.2, -0.15) is 0 Å². The summed E-state index contributed by atoms with van der Waals surface area (Å²) < 4.78 is 3.54. The Labute approximate surface area is 139 Å². The highest BCUT2D eigenvalue weighted by atomic mass is 16.1. The number of rotatable bonds is 2. The Kier molecular flexibility index (Phi) is 3.23. The van der Waals surface area contributed by atoms with E-state index in [9.17, 15) is 4.79 Å². The first-order chi connectivity index (χ1) is 11.6. The van der Waals surface area contributed by atoms with Crippen LogP contribution in [0.4, 0.5) is 0 Å². The second-order valence-corrected chi connectivity index (χ2v) is 6.22. The highest BCUT2D eigenvalue weighted by molar-refractivity contribution is 6.07. The van der Waals surface area contributed by atoms with Crippen LogP contribution in [0.25, 0.3) is 33.2 Å². The van der Waals surface area contributed by atoms with Crippen molar-refractivity contribution in [3.8, 4) is 11.3 Å². The van der Waals surface area contributed by atoms with Gasteiger partial charge in [0.25, 0.3) is 0 Å². The van der Waals surface area contributed by atoms with Crippen LogP contribution < -0.4 is 5.69 Å². The Hall–Kier alpha value is -2.95. The van der Waals surface area contributed by atoms with Crippen molar-refractivity contribution >= 4 is 21.9 Å². The molecule has 0 unspecified atom stereocenters. The molecule has 0 aliphatic heterocycles. The average Bonchev–Trinajstić information content (AvgIpc) is 2.87. The molecule has 0 radical (unpaired) electrons. The summed E-state index contributed by atoms with van der Waals surface area (Å²) in [6, 6.07) is 11.9. The van der Waals surface area contributed by atoms with Gasteiger partial charge in [-0.1, -0.05) is 18.2 Å². The summed E-state index contributed by atoms with van der Waals surface area (Å²) in [4.78, 5) is 21.9. The molecule has 0 spiro atoms. The van der Waals surface area contributed by atoms with Crippen molar-refractivity contribution < 1.29 is 0 Å². The minimum atomic E-state index is -0.0247. The standard InChI is InChI=1S/C19H18N4O/c1-12(2)23-17-14-8-4-5-9-15(14)21-16(13-7-6-10-20-11-13)18(17)22(3)19(23)24/h4-12H,1-3H3. The molecule has 0 N–H and O–H groups in total. The lowest BCUT2D eigenvalue weighted by Crippen LogP contribution is -2.23. The van der Waals surface area contributed by atoms with Crippen molar-refractivity contribution in [2.24, 2.45) is 7.05 Å². The highest BCUT2D eigenvalue weighted by Crippen LogP contribution is 2.32. The van der Waals surface area contributed by atoms with E-state index in [1.165, 1.54) is 0 Å². The molecule has 0 amide bonds. The second-order valence-electron chi connectivity index (χ2n) is 6.22. The molecule has 0 bridgehead atoms. The predicted octanol–water partition coefficient (Wildman–Crippen LogP) is 3.53. The van der Waals surface area contributed by atoms with E-state index in [2.05, 4.69) is 4.98 Å². The van der Waals surface area contributed by atoms with Crippen LogP contribution in [0.2, 0.25) is 0 Å². The SMILES string of the molecule is CC(C)n1c(=O)n(C)c2c(-c3cccnc3)nc3ccccc3c21. The summed E-state index contributed by atoms with van der Waals surface area (Å²) >= 11 is 0. The van der Waals surface area contributed by atoms with Crippen LogP contribution in [0.15, 0.2) is 53.6 Å².